The Morgan fingerprint density at radius 2 is 2.41 bits per heavy atom. The summed E-state index contributed by atoms with van der Waals surface area (Å²) in [6, 6.07) is 5.88. The van der Waals surface area contributed by atoms with Crippen molar-refractivity contribution in [2.75, 3.05) is 19.7 Å². The standard InChI is InChI=1S/C13H14N2O2/c14-9-13(16)15-6-1-2-10-3-4-12-11(8-10)5-7-17-12/h3-4,8H,5-7,9,14H2,(H,15,16). The average Bonchev–Trinajstić information content (AvgIpc) is 2.81. The van der Waals surface area contributed by atoms with Crippen LogP contribution < -0.4 is 15.8 Å². The lowest BCUT2D eigenvalue weighted by Gasteiger charge is -1.98. The van der Waals surface area contributed by atoms with Crippen molar-refractivity contribution in [3.8, 4) is 17.6 Å². The summed E-state index contributed by atoms with van der Waals surface area (Å²) in [5.74, 6) is 6.63. The molecule has 1 amide bonds. The van der Waals surface area contributed by atoms with E-state index in [1.165, 1.54) is 5.56 Å². The van der Waals surface area contributed by atoms with Crippen molar-refractivity contribution in [1.29, 1.82) is 0 Å². The molecule has 0 aliphatic carbocycles. The van der Waals surface area contributed by atoms with Gasteiger partial charge in [-0.1, -0.05) is 11.8 Å². The molecular weight excluding hydrogens is 216 g/mol. The molecule has 0 saturated heterocycles. The number of benzene rings is 1. The molecule has 0 fully saturated rings. The van der Waals surface area contributed by atoms with E-state index in [0.29, 0.717) is 6.54 Å². The SMILES string of the molecule is NCC(=O)NCC#Cc1ccc2c(c1)CCO2. The zero-order valence-corrected chi connectivity index (χ0v) is 9.45. The van der Waals surface area contributed by atoms with Crippen molar-refractivity contribution < 1.29 is 9.53 Å². The first-order valence-electron chi connectivity index (χ1n) is 5.51. The van der Waals surface area contributed by atoms with Gasteiger partial charge in [-0.3, -0.25) is 4.79 Å². The van der Waals surface area contributed by atoms with Crippen molar-refractivity contribution in [1.82, 2.24) is 5.32 Å². The molecule has 4 nitrogen and oxygen atoms in total. The highest BCUT2D eigenvalue weighted by Gasteiger charge is 2.10. The highest BCUT2D eigenvalue weighted by atomic mass is 16.5. The van der Waals surface area contributed by atoms with Crippen molar-refractivity contribution in [3.05, 3.63) is 29.3 Å². The third kappa shape index (κ3) is 2.99. The van der Waals surface area contributed by atoms with E-state index in [9.17, 15) is 4.79 Å². The molecule has 1 aliphatic rings. The predicted molar refractivity (Wildman–Crippen MR) is 64.6 cm³/mol. The van der Waals surface area contributed by atoms with E-state index in [4.69, 9.17) is 10.5 Å². The number of nitrogens with two attached hydrogens (primary N) is 1. The summed E-state index contributed by atoms with van der Waals surface area (Å²) < 4.78 is 5.41. The van der Waals surface area contributed by atoms with Gasteiger partial charge >= 0.3 is 0 Å². The zero-order chi connectivity index (χ0) is 12.1. The molecule has 1 heterocycles. The topological polar surface area (TPSA) is 64.4 Å². The lowest BCUT2D eigenvalue weighted by molar-refractivity contribution is -0.119. The van der Waals surface area contributed by atoms with Crippen molar-refractivity contribution in [3.63, 3.8) is 0 Å². The Morgan fingerprint density at radius 1 is 1.53 bits per heavy atom. The van der Waals surface area contributed by atoms with Crippen LogP contribution in [0, 0.1) is 11.8 Å². The predicted octanol–water partition coefficient (Wildman–Crippen LogP) is 0.0479. The van der Waals surface area contributed by atoms with Gasteiger partial charge in [-0.25, -0.2) is 0 Å². The molecule has 0 radical (unpaired) electrons. The average molecular weight is 230 g/mol. The largest absolute Gasteiger partial charge is 0.493 e. The van der Waals surface area contributed by atoms with E-state index in [1.54, 1.807) is 0 Å². The second-order valence-corrected chi connectivity index (χ2v) is 3.70. The number of hydrogen-bond acceptors (Lipinski definition) is 3. The van der Waals surface area contributed by atoms with Crippen LogP contribution in [-0.2, 0) is 11.2 Å². The van der Waals surface area contributed by atoms with E-state index in [-0.39, 0.29) is 12.5 Å². The quantitative estimate of drug-likeness (QED) is 0.705. The third-order valence-electron chi connectivity index (χ3n) is 2.48. The van der Waals surface area contributed by atoms with Crippen LogP contribution in [0.3, 0.4) is 0 Å². The lowest BCUT2D eigenvalue weighted by Crippen LogP contribution is -2.30. The van der Waals surface area contributed by atoms with Crippen LogP contribution in [0.25, 0.3) is 0 Å². The van der Waals surface area contributed by atoms with Crippen LogP contribution in [0.5, 0.6) is 5.75 Å². The Balaban J connectivity index is 1.95. The Bertz CT molecular complexity index is 486. The number of carbonyl (C=O) groups excluding carboxylic acids is 1. The number of ether oxygens (including phenoxy) is 1. The number of nitrogens with one attached hydrogen (secondary N) is 1. The number of fused-ring (bicyclic) bond motifs is 1. The number of rotatable bonds is 2. The Hall–Kier alpha value is -1.99. The Kier molecular flexibility index (Phi) is 3.63. The van der Waals surface area contributed by atoms with Gasteiger partial charge < -0.3 is 15.8 Å². The second-order valence-electron chi connectivity index (χ2n) is 3.70. The second kappa shape index (κ2) is 5.37. The fourth-order valence-corrected chi connectivity index (χ4v) is 1.63. The van der Waals surface area contributed by atoms with E-state index in [1.807, 2.05) is 18.2 Å². The Morgan fingerprint density at radius 3 is 3.24 bits per heavy atom. The molecule has 0 unspecified atom stereocenters. The first kappa shape index (κ1) is 11.5. The molecule has 2 rings (SSSR count). The monoisotopic (exact) mass is 230 g/mol. The van der Waals surface area contributed by atoms with Gasteiger partial charge in [0.25, 0.3) is 0 Å². The van der Waals surface area contributed by atoms with E-state index < -0.39 is 0 Å². The normalized spacial score (nSPS) is 12.1. The molecule has 4 heteroatoms. The minimum Gasteiger partial charge on any atom is -0.493 e. The summed E-state index contributed by atoms with van der Waals surface area (Å²) in [7, 11) is 0. The fourth-order valence-electron chi connectivity index (χ4n) is 1.63. The van der Waals surface area contributed by atoms with Gasteiger partial charge in [-0.2, -0.15) is 0 Å². The minimum absolute atomic E-state index is 0.00212. The van der Waals surface area contributed by atoms with Gasteiger partial charge in [0.05, 0.1) is 19.7 Å². The zero-order valence-electron chi connectivity index (χ0n) is 9.45. The van der Waals surface area contributed by atoms with Gasteiger partial charge in [0.15, 0.2) is 0 Å². The maximum Gasteiger partial charge on any atom is 0.234 e. The first-order valence-corrected chi connectivity index (χ1v) is 5.51. The van der Waals surface area contributed by atoms with Gasteiger partial charge in [0.1, 0.15) is 5.75 Å². The number of hydrogen-bond donors (Lipinski definition) is 2. The summed E-state index contributed by atoms with van der Waals surface area (Å²) in [6.07, 6.45) is 0.939. The van der Waals surface area contributed by atoms with E-state index in [2.05, 4.69) is 17.2 Å². The maximum atomic E-state index is 10.9. The maximum absolute atomic E-state index is 10.9. The molecular formula is C13H14N2O2. The molecule has 3 N–H and O–H groups in total. The molecule has 1 aromatic rings. The smallest absolute Gasteiger partial charge is 0.234 e. The molecule has 0 aromatic heterocycles. The third-order valence-corrected chi connectivity index (χ3v) is 2.48. The molecule has 0 saturated carbocycles. The van der Waals surface area contributed by atoms with Crippen LogP contribution in [0.4, 0.5) is 0 Å². The highest BCUT2D eigenvalue weighted by molar-refractivity contribution is 5.77. The summed E-state index contributed by atoms with van der Waals surface area (Å²) in [4.78, 5) is 10.9. The van der Waals surface area contributed by atoms with Crippen molar-refractivity contribution >= 4 is 5.91 Å². The first-order chi connectivity index (χ1) is 8.29. The van der Waals surface area contributed by atoms with Crippen LogP contribution >= 0.6 is 0 Å². The number of carbonyl (C=O) groups is 1. The summed E-state index contributed by atoms with van der Waals surface area (Å²) in [6.45, 7) is 1.07. The summed E-state index contributed by atoms with van der Waals surface area (Å²) in [5, 5.41) is 2.59. The minimum atomic E-state index is -0.193. The van der Waals surface area contributed by atoms with Gasteiger partial charge in [0.2, 0.25) is 5.91 Å². The molecule has 1 aromatic carbocycles. The number of amides is 1. The fraction of sp³-hybridized carbons (Fsp3) is 0.308. The van der Waals surface area contributed by atoms with Crippen molar-refractivity contribution in [2.24, 2.45) is 5.73 Å². The van der Waals surface area contributed by atoms with Crippen LogP contribution in [-0.4, -0.2) is 25.6 Å². The van der Waals surface area contributed by atoms with E-state index >= 15 is 0 Å². The Labute approximate surface area is 100 Å². The van der Waals surface area contributed by atoms with Gasteiger partial charge in [0, 0.05) is 12.0 Å². The van der Waals surface area contributed by atoms with Crippen LogP contribution in [0.2, 0.25) is 0 Å². The summed E-state index contributed by atoms with van der Waals surface area (Å²) in [5.41, 5.74) is 7.29. The van der Waals surface area contributed by atoms with E-state index in [0.717, 1.165) is 24.3 Å². The summed E-state index contributed by atoms with van der Waals surface area (Å²) >= 11 is 0. The van der Waals surface area contributed by atoms with Crippen LogP contribution in [0.1, 0.15) is 11.1 Å². The molecule has 1 aliphatic heterocycles. The van der Waals surface area contributed by atoms with Crippen LogP contribution in [0.15, 0.2) is 18.2 Å². The molecule has 0 atom stereocenters. The molecule has 17 heavy (non-hydrogen) atoms. The van der Waals surface area contributed by atoms with Crippen molar-refractivity contribution in [2.45, 2.75) is 6.42 Å². The molecule has 0 bridgehead atoms. The molecule has 88 valence electrons. The van der Waals surface area contributed by atoms with Gasteiger partial charge in [-0.15, -0.1) is 0 Å². The van der Waals surface area contributed by atoms with Gasteiger partial charge in [-0.05, 0) is 23.8 Å². The highest BCUT2D eigenvalue weighted by Crippen LogP contribution is 2.25. The molecule has 0 spiro atoms. The lowest BCUT2D eigenvalue weighted by atomic mass is 10.1.